The van der Waals surface area contributed by atoms with Gasteiger partial charge in [-0.3, -0.25) is 9.48 Å². The standard InChI is InChI=1S/C16H20F3N5OS/c1-10-7-12(16(17,18)19)22-24(10)8-14(25)23-5-3-11(4-6-23)15-21-13(20-2)9-26-15/h7,9,11,20H,3-6,8H2,1-2H3. The van der Waals surface area contributed by atoms with Gasteiger partial charge in [-0.15, -0.1) is 11.3 Å². The molecule has 2 aromatic rings. The maximum Gasteiger partial charge on any atom is 0.435 e. The van der Waals surface area contributed by atoms with Crippen molar-refractivity contribution in [3.63, 3.8) is 0 Å². The normalized spacial score (nSPS) is 16.1. The van der Waals surface area contributed by atoms with Crippen LogP contribution in [0.1, 0.15) is 35.2 Å². The second-order valence-electron chi connectivity index (χ2n) is 6.30. The molecule has 0 atom stereocenters. The third-order valence-electron chi connectivity index (χ3n) is 4.53. The topological polar surface area (TPSA) is 63.1 Å². The summed E-state index contributed by atoms with van der Waals surface area (Å²) in [5.41, 5.74) is -0.645. The van der Waals surface area contributed by atoms with E-state index in [0.717, 1.165) is 34.4 Å². The second-order valence-corrected chi connectivity index (χ2v) is 7.19. The molecule has 0 bridgehead atoms. The molecular formula is C16H20F3N5OS. The van der Waals surface area contributed by atoms with Gasteiger partial charge in [0.15, 0.2) is 5.69 Å². The summed E-state index contributed by atoms with van der Waals surface area (Å²) < 4.78 is 39.3. The molecule has 0 saturated carbocycles. The summed E-state index contributed by atoms with van der Waals surface area (Å²) in [4.78, 5) is 18.6. The minimum absolute atomic E-state index is 0.173. The van der Waals surface area contributed by atoms with E-state index < -0.39 is 11.9 Å². The van der Waals surface area contributed by atoms with Crippen molar-refractivity contribution >= 4 is 23.1 Å². The van der Waals surface area contributed by atoms with Crippen molar-refractivity contribution in [2.45, 2.75) is 38.4 Å². The zero-order valence-corrected chi connectivity index (χ0v) is 15.3. The lowest BCUT2D eigenvalue weighted by Gasteiger charge is -2.31. The summed E-state index contributed by atoms with van der Waals surface area (Å²) in [7, 11) is 1.82. The molecule has 3 heterocycles. The van der Waals surface area contributed by atoms with Gasteiger partial charge in [-0.25, -0.2) is 4.98 Å². The molecule has 1 N–H and O–H groups in total. The second kappa shape index (κ2) is 7.26. The molecule has 3 rings (SSSR count). The largest absolute Gasteiger partial charge is 0.435 e. The Bertz CT molecular complexity index is 777. The van der Waals surface area contributed by atoms with Gasteiger partial charge in [-0.1, -0.05) is 0 Å². The zero-order valence-electron chi connectivity index (χ0n) is 14.5. The average molecular weight is 387 g/mol. The fourth-order valence-electron chi connectivity index (χ4n) is 3.00. The van der Waals surface area contributed by atoms with Gasteiger partial charge >= 0.3 is 6.18 Å². The van der Waals surface area contributed by atoms with Gasteiger partial charge in [0.25, 0.3) is 0 Å². The molecule has 1 fully saturated rings. The van der Waals surface area contributed by atoms with Crippen molar-refractivity contribution in [3.8, 4) is 0 Å². The smallest absolute Gasteiger partial charge is 0.372 e. The molecule has 1 aliphatic heterocycles. The average Bonchev–Trinajstić information content (AvgIpc) is 3.22. The maximum atomic E-state index is 12.7. The lowest BCUT2D eigenvalue weighted by molar-refractivity contribution is -0.142. The van der Waals surface area contributed by atoms with Gasteiger partial charge in [0.05, 0.1) is 5.01 Å². The molecule has 0 unspecified atom stereocenters. The van der Waals surface area contributed by atoms with Gasteiger partial charge in [0.2, 0.25) is 5.91 Å². The fraction of sp³-hybridized carbons (Fsp3) is 0.562. The van der Waals surface area contributed by atoms with Crippen molar-refractivity contribution in [1.29, 1.82) is 0 Å². The summed E-state index contributed by atoms with van der Waals surface area (Å²) in [5.74, 6) is 0.950. The summed E-state index contributed by atoms with van der Waals surface area (Å²) >= 11 is 1.60. The molecular weight excluding hydrogens is 367 g/mol. The molecule has 142 valence electrons. The van der Waals surface area contributed by atoms with Crippen LogP contribution in [-0.2, 0) is 17.5 Å². The molecule has 1 saturated heterocycles. The van der Waals surface area contributed by atoms with Crippen LogP contribution in [0.15, 0.2) is 11.4 Å². The van der Waals surface area contributed by atoms with Gasteiger partial charge in [-0.05, 0) is 25.8 Å². The van der Waals surface area contributed by atoms with Crippen LogP contribution in [0.2, 0.25) is 0 Å². The predicted octanol–water partition coefficient (Wildman–Crippen LogP) is 3.11. The Morgan fingerprint density at radius 2 is 2.08 bits per heavy atom. The molecule has 2 aromatic heterocycles. The molecule has 0 spiro atoms. The molecule has 10 heteroatoms. The number of aromatic nitrogens is 3. The minimum atomic E-state index is -4.50. The Kier molecular flexibility index (Phi) is 5.22. The highest BCUT2D eigenvalue weighted by atomic mass is 32.1. The molecule has 0 aliphatic carbocycles. The quantitative estimate of drug-likeness (QED) is 0.876. The van der Waals surface area contributed by atoms with Gasteiger partial charge < -0.3 is 10.2 Å². The Labute approximate surface area is 153 Å². The number of alkyl halides is 3. The third-order valence-corrected chi connectivity index (χ3v) is 5.54. The number of rotatable bonds is 4. The van der Waals surface area contributed by atoms with Crippen molar-refractivity contribution in [3.05, 3.63) is 27.8 Å². The van der Waals surface area contributed by atoms with Crippen LogP contribution in [0.4, 0.5) is 19.0 Å². The van der Waals surface area contributed by atoms with Crippen molar-refractivity contribution < 1.29 is 18.0 Å². The highest BCUT2D eigenvalue weighted by Crippen LogP contribution is 2.32. The molecule has 1 aliphatic rings. The van der Waals surface area contributed by atoms with E-state index in [2.05, 4.69) is 15.4 Å². The number of aryl methyl sites for hydroxylation is 1. The summed E-state index contributed by atoms with van der Waals surface area (Å²) in [6.07, 6.45) is -2.90. The van der Waals surface area contributed by atoms with Crippen molar-refractivity contribution in [2.75, 3.05) is 25.5 Å². The molecule has 1 amide bonds. The lowest BCUT2D eigenvalue weighted by Crippen LogP contribution is -2.40. The Hall–Kier alpha value is -2.10. The summed E-state index contributed by atoms with van der Waals surface area (Å²) in [6, 6.07) is 0.960. The van der Waals surface area contributed by atoms with E-state index >= 15 is 0 Å². The first-order valence-electron chi connectivity index (χ1n) is 8.30. The van der Waals surface area contributed by atoms with E-state index in [0.29, 0.717) is 24.7 Å². The number of nitrogens with one attached hydrogen (secondary N) is 1. The van der Waals surface area contributed by atoms with Crippen LogP contribution < -0.4 is 5.32 Å². The fourth-order valence-corrected chi connectivity index (χ4v) is 3.98. The van der Waals surface area contributed by atoms with Crippen molar-refractivity contribution in [1.82, 2.24) is 19.7 Å². The van der Waals surface area contributed by atoms with Crippen LogP contribution in [0.3, 0.4) is 0 Å². The van der Waals surface area contributed by atoms with E-state index in [9.17, 15) is 18.0 Å². The number of carbonyl (C=O) groups is 1. The molecule has 6 nitrogen and oxygen atoms in total. The first-order chi connectivity index (χ1) is 12.3. The van der Waals surface area contributed by atoms with Crippen LogP contribution in [-0.4, -0.2) is 45.7 Å². The number of anilines is 1. The highest BCUT2D eigenvalue weighted by molar-refractivity contribution is 7.10. The van der Waals surface area contributed by atoms with Crippen LogP contribution in [0.5, 0.6) is 0 Å². The van der Waals surface area contributed by atoms with E-state index in [1.807, 2.05) is 12.4 Å². The molecule has 26 heavy (non-hydrogen) atoms. The van der Waals surface area contributed by atoms with E-state index in [1.54, 1.807) is 16.2 Å². The Morgan fingerprint density at radius 3 is 2.62 bits per heavy atom. The van der Waals surface area contributed by atoms with Crippen molar-refractivity contribution in [2.24, 2.45) is 0 Å². The first-order valence-corrected chi connectivity index (χ1v) is 9.18. The number of halogens is 3. The first kappa shape index (κ1) is 18.7. The molecule has 0 aromatic carbocycles. The minimum Gasteiger partial charge on any atom is -0.372 e. The number of amides is 1. The van der Waals surface area contributed by atoms with E-state index in [4.69, 9.17) is 0 Å². The highest BCUT2D eigenvalue weighted by Gasteiger charge is 2.35. The lowest BCUT2D eigenvalue weighted by atomic mass is 9.97. The number of carbonyl (C=O) groups excluding carboxylic acids is 1. The number of hydrogen-bond acceptors (Lipinski definition) is 5. The number of hydrogen-bond donors (Lipinski definition) is 1. The van der Waals surface area contributed by atoms with Crippen LogP contribution >= 0.6 is 11.3 Å². The number of likely N-dealkylation sites (tertiary alicyclic amines) is 1. The predicted molar refractivity (Wildman–Crippen MR) is 92.2 cm³/mol. The van der Waals surface area contributed by atoms with Gasteiger partial charge in [0, 0.05) is 37.1 Å². The number of piperidine rings is 1. The van der Waals surface area contributed by atoms with Gasteiger partial charge in [-0.2, -0.15) is 18.3 Å². The SMILES string of the molecule is CNc1csc(C2CCN(C(=O)Cn3nc(C(F)(F)F)cc3C)CC2)n1. The Morgan fingerprint density at radius 1 is 1.38 bits per heavy atom. The van der Waals surface area contributed by atoms with Crippen LogP contribution in [0.25, 0.3) is 0 Å². The van der Waals surface area contributed by atoms with E-state index in [-0.39, 0.29) is 12.5 Å². The summed E-state index contributed by atoms with van der Waals surface area (Å²) in [6.45, 7) is 2.49. The van der Waals surface area contributed by atoms with Gasteiger partial charge in [0.1, 0.15) is 12.4 Å². The van der Waals surface area contributed by atoms with Crippen LogP contribution in [0, 0.1) is 6.92 Å². The third kappa shape index (κ3) is 4.00. The maximum absolute atomic E-state index is 12.7. The zero-order chi connectivity index (χ0) is 18.9. The number of thiazole rings is 1. The van der Waals surface area contributed by atoms with E-state index in [1.165, 1.54) is 6.92 Å². The molecule has 0 radical (unpaired) electrons. The Balaban J connectivity index is 1.58. The number of nitrogens with zero attached hydrogens (tertiary/aromatic N) is 4. The monoisotopic (exact) mass is 387 g/mol. The summed E-state index contributed by atoms with van der Waals surface area (Å²) in [5, 5.41) is 9.54.